The van der Waals surface area contributed by atoms with E-state index in [-0.39, 0.29) is 11.0 Å². The molecular weight excluding hydrogens is 459 g/mol. The van der Waals surface area contributed by atoms with Crippen LogP contribution >= 0.6 is 20.7 Å². The number of fused-ring (bicyclic) bond motifs is 3. The van der Waals surface area contributed by atoms with Crippen LogP contribution in [0.25, 0.3) is 11.3 Å². The van der Waals surface area contributed by atoms with Gasteiger partial charge in [0.15, 0.2) is 0 Å². The Morgan fingerprint density at radius 1 is 1.48 bits per heavy atom. The molecule has 0 amide bonds. The highest BCUT2D eigenvalue weighted by molar-refractivity contribution is 14.2. The fraction of sp³-hybridized carbons (Fsp3) is 0.474. The molecule has 0 saturated heterocycles. The van der Waals surface area contributed by atoms with Crippen LogP contribution in [0.5, 0.6) is 0 Å². The summed E-state index contributed by atoms with van der Waals surface area (Å²) in [5.74, 6) is 0. The van der Waals surface area contributed by atoms with Crippen molar-refractivity contribution in [3.05, 3.63) is 50.0 Å². The summed E-state index contributed by atoms with van der Waals surface area (Å²) in [7, 11) is 0. The van der Waals surface area contributed by atoms with Gasteiger partial charge in [0.25, 0.3) is 0 Å². The van der Waals surface area contributed by atoms with Crippen LogP contribution in [-0.2, 0) is 0 Å². The molecule has 2 heterocycles. The van der Waals surface area contributed by atoms with E-state index in [0.29, 0.717) is 32.1 Å². The Balaban J connectivity index is 1.73. The molecule has 2 aliphatic rings. The Morgan fingerprint density at radius 3 is 2.89 bits per heavy atom. The summed E-state index contributed by atoms with van der Waals surface area (Å²) in [6, 6.07) is 5.16. The number of nitro groups is 1. The van der Waals surface area contributed by atoms with Crippen LogP contribution in [0.1, 0.15) is 43.7 Å². The Kier molecular flexibility index (Phi) is 4.89. The van der Waals surface area contributed by atoms with Gasteiger partial charge in [-0.1, -0.05) is 37.4 Å². The lowest BCUT2D eigenvalue weighted by Crippen LogP contribution is -2.57. The zero-order valence-corrected chi connectivity index (χ0v) is 17.1. The van der Waals surface area contributed by atoms with Gasteiger partial charge in [-0.05, 0) is 37.3 Å². The summed E-state index contributed by atoms with van der Waals surface area (Å²) < 4.78 is 7.40. The molecule has 8 heteroatoms. The van der Waals surface area contributed by atoms with Gasteiger partial charge in [-0.25, -0.2) is 4.98 Å². The quantitative estimate of drug-likeness (QED) is 0.387. The van der Waals surface area contributed by atoms with Crippen molar-refractivity contribution in [1.29, 1.82) is 0 Å². The van der Waals surface area contributed by atoms with E-state index in [4.69, 9.17) is 5.73 Å². The molecule has 144 valence electrons. The highest BCUT2D eigenvalue weighted by atomic mass is 127. The summed E-state index contributed by atoms with van der Waals surface area (Å²) in [5, 5.41) is 21.8. The molecule has 2 atom stereocenters. The maximum atomic E-state index is 12.0. The minimum Gasteiger partial charge on any atom is -0.393 e. The third-order valence-corrected chi connectivity index (χ3v) is 7.82. The molecule has 3 N–H and O–H groups in total. The molecular formula is C19H23IN4O3. The first-order valence-electron chi connectivity index (χ1n) is 9.08. The highest BCUT2D eigenvalue weighted by Gasteiger charge is 2.48. The van der Waals surface area contributed by atoms with Gasteiger partial charge in [0, 0.05) is 20.5 Å². The zero-order valence-electron chi connectivity index (χ0n) is 14.9. The van der Waals surface area contributed by atoms with Crippen LogP contribution in [0.3, 0.4) is 0 Å². The average Bonchev–Trinajstić information content (AvgIpc) is 3.23. The maximum absolute atomic E-state index is 12.0. The van der Waals surface area contributed by atoms with Crippen LogP contribution in [0.15, 0.2) is 30.7 Å². The molecule has 1 aliphatic carbocycles. The van der Waals surface area contributed by atoms with Crippen LogP contribution in [0, 0.1) is 13.7 Å². The van der Waals surface area contributed by atoms with Gasteiger partial charge in [-0.15, -0.1) is 0 Å². The van der Waals surface area contributed by atoms with Crippen LogP contribution in [-0.4, -0.2) is 41.8 Å². The van der Waals surface area contributed by atoms with E-state index in [9.17, 15) is 15.2 Å². The smallest absolute Gasteiger partial charge is 0.233 e. The molecule has 2 aromatic rings. The van der Waals surface area contributed by atoms with Gasteiger partial charge in [-0.3, -0.25) is 10.1 Å². The second kappa shape index (κ2) is 7.06. The number of rotatable bonds is 5. The van der Waals surface area contributed by atoms with Gasteiger partial charge in [0.1, 0.15) is 0 Å². The molecule has 4 rings (SSSR count). The van der Waals surface area contributed by atoms with Gasteiger partial charge in [0.05, 0.1) is 35.9 Å². The van der Waals surface area contributed by atoms with E-state index < -0.39 is 38.4 Å². The second-order valence-corrected chi connectivity index (χ2v) is 9.46. The first kappa shape index (κ1) is 18.7. The van der Waals surface area contributed by atoms with Gasteiger partial charge < -0.3 is 15.4 Å². The first-order chi connectivity index (χ1) is 12.9. The van der Waals surface area contributed by atoms with Crippen molar-refractivity contribution in [2.75, 3.05) is 0 Å². The zero-order chi connectivity index (χ0) is 19.2. The van der Waals surface area contributed by atoms with Crippen molar-refractivity contribution >= 4 is 25.2 Å². The van der Waals surface area contributed by atoms with Crippen LogP contribution in [0.2, 0.25) is 0 Å². The van der Waals surface area contributed by atoms with E-state index in [1.165, 1.54) is 3.57 Å². The summed E-state index contributed by atoms with van der Waals surface area (Å²) in [6.45, 7) is 0. The van der Waals surface area contributed by atoms with Crippen molar-refractivity contribution in [3.63, 3.8) is 0 Å². The summed E-state index contributed by atoms with van der Waals surface area (Å²) >= 11 is -0.402. The lowest BCUT2D eigenvalue weighted by molar-refractivity contribution is -0.536. The average molecular weight is 482 g/mol. The molecule has 1 aromatic carbocycles. The molecule has 0 radical (unpaired) electrons. The topological polar surface area (TPSA) is 107 Å². The van der Waals surface area contributed by atoms with Gasteiger partial charge >= 0.3 is 0 Å². The standard InChI is InChI=1S/C19H23IN4O3/c1-20-14-4-2-3-13-16-10-22-11-23(16)15(18(13)14)9-17(24(26)27)19(21)7-5-12(25)6-8-19/h2-4,10-12,15,17,25H,1,5-9,21H2/t12?,15-,17+,19?/m1/s1. The van der Waals surface area contributed by atoms with Crippen molar-refractivity contribution < 1.29 is 10.0 Å². The Morgan fingerprint density at radius 2 is 2.22 bits per heavy atom. The molecule has 0 bridgehead atoms. The predicted molar refractivity (Wildman–Crippen MR) is 112 cm³/mol. The third kappa shape index (κ3) is 3.13. The Hall–Kier alpha value is -1.65. The van der Waals surface area contributed by atoms with Crippen LogP contribution in [0.4, 0.5) is 0 Å². The van der Waals surface area contributed by atoms with Crippen molar-refractivity contribution in [3.8, 4) is 11.3 Å². The number of imidazole rings is 1. The Labute approximate surface area is 167 Å². The molecule has 27 heavy (non-hydrogen) atoms. The van der Waals surface area contributed by atoms with Crippen molar-refractivity contribution in [1.82, 2.24) is 9.55 Å². The minimum absolute atomic E-state index is 0.141. The van der Waals surface area contributed by atoms with E-state index >= 15 is 0 Å². The van der Waals surface area contributed by atoms with Crippen LogP contribution < -0.4 is 5.73 Å². The molecule has 1 aromatic heterocycles. The fourth-order valence-corrected chi connectivity index (χ4v) is 6.09. The number of aliphatic hydroxyl groups is 1. The predicted octanol–water partition coefficient (Wildman–Crippen LogP) is 2.69. The minimum atomic E-state index is -0.888. The normalized spacial score (nSPS) is 27.8. The molecule has 1 saturated carbocycles. The number of benzene rings is 1. The largest absolute Gasteiger partial charge is 0.393 e. The lowest BCUT2D eigenvalue weighted by Gasteiger charge is -2.38. The second-order valence-electron chi connectivity index (χ2n) is 7.54. The number of hydrogen-bond donors (Lipinski definition) is 2. The fourth-order valence-electron chi connectivity index (χ4n) is 4.56. The van der Waals surface area contributed by atoms with Gasteiger partial charge in [0.2, 0.25) is 6.04 Å². The maximum Gasteiger partial charge on any atom is 0.233 e. The monoisotopic (exact) mass is 482 g/mol. The number of hydrogen-bond acceptors (Lipinski definition) is 5. The number of nitrogens with zero attached hydrogens (tertiary/aromatic N) is 3. The number of aromatic nitrogens is 2. The highest BCUT2D eigenvalue weighted by Crippen LogP contribution is 2.46. The number of halogens is 1. The van der Waals surface area contributed by atoms with Gasteiger partial charge in [-0.2, -0.15) is 0 Å². The van der Waals surface area contributed by atoms with E-state index in [0.717, 1.165) is 16.8 Å². The number of nitrogens with two attached hydrogens (primary N) is 1. The third-order valence-electron chi connectivity index (χ3n) is 6.06. The van der Waals surface area contributed by atoms with E-state index in [1.54, 1.807) is 6.33 Å². The molecule has 0 unspecified atom stereocenters. The number of aliphatic hydroxyl groups excluding tert-OH is 1. The SMILES string of the molecule is C=Ic1cccc2c1[C@@H](C[C@H]([N+](=O)[O-])C1(N)CCC(O)CC1)n1cncc1-2. The van der Waals surface area contributed by atoms with E-state index in [1.807, 2.05) is 16.8 Å². The van der Waals surface area contributed by atoms with Crippen molar-refractivity contribution in [2.24, 2.45) is 5.73 Å². The Bertz CT molecular complexity index is 889. The summed E-state index contributed by atoms with van der Waals surface area (Å²) in [5.41, 5.74) is 8.92. The molecule has 1 aliphatic heterocycles. The van der Waals surface area contributed by atoms with Crippen molar-refractivity contribution in [2.45, 2.75) is 55.8 Å². The van der Waals surface area contributed by atoms with E-state index in [2.05, 4.69) is 21.6 Å². The summed E-state index contributed by atoms with van der Waals surface area (Å²) in [4.78, 5) is 16.1. The lowest BCUT2D eigenvalue weighted by atomic mass is 9.74. The molecule has 0 spiro atoms. The molecule has 7 nitrogen and oxygen atoms in total. The molecule has 1 fully saturated rings. The summed E-state index contributed by atoms with van der Waals surface area (Å²) in [6.07, 6.45) is 5.50. The first-order valence-corrected chi connectivity index (χ1v) is 11.7.